The largest absolute Gasteiger partial charge is 0.153 e. The molecular weight excluding hydrogens is 152 g/mol. The molecule has 0 saturated heterocycles. The lowest BCUT2D eigenvalue weighted by Gasteiger charge is -1.98. The lowest BCUT2D eigenvalue weighted by Crippen LogP contribution is -1.80. The van der Waals surface area contributed by atoms with E-state index in [4.69, 9.17) is 0 Å². The normalized spacial score (nSPS) is 12.1. The van der Waals surface area contributed by atoms with Crippen LogP contribution in [0.1, 0.15) is 40.0 Å². The van der Waals surface area contributed by atoms with Crippen LogP contribution in [0.4, 0.5) is 0 Å². The number of allylic oxidation sites excluding steroid dienone is 1. The maximum Gasteiger partial charge on any atom is 0.0143 e. The van der Waals surface area contributed by atoms with Gasteiger partial charge in [0.05, 0.1) is 0 Å². The minimum atomic E-state index is 1.17. The van der Waals surface area contributed by atoms with Gasteiger partial charge < -0.3 is 0 Å². The van der Waals surface area contributed by atoms with Crippen molar-refractivity contribution in [3.8, 4) is 0 Å². The van der Waals surface area contributed by atoms with Crippen molar-refractivity contribution in [3.63, 3.8) is 0 Å². The molecular formula is C10H19S. The molecule has 11 heavy (non-hydrogen) atoms. The van der Waals surface area contributed by atoms with E-state index in [0.29, 0.717) is 0 Å². The molecule has 0 rings (SSSR count). The van der Waals surface area contributed by atoms with Gasteiger partial charge in [-0.05, 0) is 13.3 Å². The summed E-state index contributed by atoms with van der Waals surface area (Å²) in [5.41, 5.74) is 1.52. The standard InChI is InChI=1S/C10H19S/c1-4-6-7-8-10(3)9-11-5-2/h5,8H,4,6-7,9H2,1-3H3. The first-order chi connectivity index (χ1) is 5.31. The zero-order valence-corrected chi connectivity index (χ0v) is 8.71. The highest BCUT2D eigenvalue weighted by Crippen LogP contribution is 2.10. The first-order valence-corrected chi connectivity index (χ1v) is 5.41. The van der Waals surface area contributed by atoms with Crippen LogP contribution in [0, 0.1) is 5.75 Å². The zero-order valence-electron chi connectivity index (χ0n) is 7.89. The van der Waals surface area contributed by atoms with Crippen LogP contribution < -0.4 is 0 Å². The Kier molecular flexibility index (Phi) is 8.26. The van der Waals surface area contributed by atoms with Gasteiger partial charge in [-0.2, -0.15) is 11.8 Å². The van der Waals surface area contributed by atoms with E-state index in [1.54, 1.807) is 0 Å². The van der Waals surface area contributed by atoms with E-state index >= 15 is 0 Å². The fraction of sp³-hybridized carbons (Fsp3) is 0.700. The van der Waals surface area contributed by atoms with Crippen molar-refractivity contribution in [2.75, 3.05) is 5.75 Å². The topological polar surface area (TPSA) is 0 Å². The molecule has 0 saturated carbocycles. The monoisotopic (exact) mass is 171 g/mol. The molecule has 0 aliphatic rings. The van der Waals surface area contributed by atoms with Crippen LogP contribution in [0.2, 0.25) is 0 Å². The predicted octanol–water partition coefficient (Wildman–Crippen LogP) is 4.04. The molecule has 0 fully saturated rings. The van der Waals surface area contributed by atoms with Gasteiger partial charge in [0.25, 0.3) is 0 Å². The van der Waals surface area contributed by atoms with Gasteiger partial charge in [-0.1, -0.05) is 38.3 Å². The number of thioether (sulfide) groups is 1. The Bertz CT molecular complexity index is 105. The average Bonchev–Trinajstić information content (AvgIpc) is 2.01. The fourth-order valence-electron chi connectivity index (χ4n) is 0.826. The van der Waals surface area contributed by atoms with Gasteiger partial charge in [0.1, 0.15) is 0 Å². The Labute approximate surface area is 75.5 Å². The number of rotatable bonds is 6. The Morgan fingerprint density at radius 1 is 1.45 bits per heavy atom. The average molecular weight is 171 g/mol. The van der Waals surface area contributed by atoms with Crippen molar-refractivity contribution in [3.05, 3.63) is 17.4 Å². The molecule has 0 heterocycles. The minimum absolute atomic E-state index is 1.17. The van der Waals surface area contributed by atoms with Crippen LogP contribution in [-0.2, 0) is 0 Å². The summed E-state index contributed by atoms with van der Waals surface area (Å²) in [6.45, 7) is 6.54. The molecule has 0 unspecified atom stereocenters. The van der Waals surface area contributed by atoms with Gasteiger partial charge >= 0.3 is 0 Å². The molecule has 0 spiro atoms. The molecule has 1 heteroatoms. The van der Waals surface area contributed by atoms with Gasteiger partial charge in [0.2, 0.25) is 0 Å². The smallest absolute Gasteiger partial charge is 0.0143 e. The van der Waals surface area contributed by atoms with Crippen LogP contribution in [-0.4, -0.2) is 5.75 Å². The molecule has 0 aliphatic heterocycles. The van der Waals surface area contributed by atoms with Gasteiger partial charge in [-0.3, -0.25) is 0 Å². The summed E-state index contributed by atoms with van der Waals surface area (Å²) in [5.74, 6) is 3.32. The highest BCUT2D eigenvalue weighted by atomic mass is 32.2. The van der Waals surface area contributed by atoms with E-state index in [2.05, 4.69) is 32.6 Å². The molecule has 0 N–H and O–H groups in total. The molecule has 65 valence electrons. The quantitative estimate of drug-likeness (QED) is 0.429. The lowest BCUT2D eigenvalue weighted by molar-refractivity contribution is 0.811. The summed E-state index contributed by atoms with van der Waals surface area (Å²) in [5, 5.41) is 0. The molecule has 0 aromatic heterocycles. The molecule has 1 radical (unpaired) electrons. The molecule has 0 bridgehead atoms. The first kappa shape index (κ1) is 11.1. The maximum absolute atomic E-state index is 2.36. The van der Waals surface area contributed by atoms with Crippen LogP contribution in [0.25, 0.3) is 0 Å². The summed E-state index contributed by atoms with van der Waals surface area (Å²) in [4.78, 5) is 0. The Morgan fingerprint density at radius 2 is 2.18 bits per heavy atom. The van der Waals surface area contributed by atoms with E-state index in [9.17, 15) is 0 Å². The maximum atomic E-state index is 2.36. The van der Waals surface area contributed by atoms with Gasteiger partial charge in [0.15, 0.2) is 0 Å². The number of hydrogen-bond acceptors (Lipinski definition) is 1. The molecule has 0 nitrogen and oxygen atoms in total. The third kappa shape index (κ3) is 7.99. The van der Waals surface area contributed by atoms with Crippen LogP contribution in [0.3, 0.4) is 0 Å². The SMILES string of the molecule is C[CH]SCC(C)=CCCCC. The second-order valence-corrected chi connectivity index (χ2v) is 3.83. The molecule has 0 aromatic carbocycles. The highest BCUT2D eigenvalue weighted by Gasteiger charge is 1.88. The molecule has 0 amide bonds. The van der Waals surface area contributed by atoms with E-state index in [1.807, 2.05) is 11.8 Å². The highest BCUT2D eigenvalue weighted by molar-refractivity contribution is 8.01. The summed E-state index contributed by atoms with van der Waals surface area (Å²) in [7, 11) is 0. The minimum Gasteiger partial charge on any atom is -0.153 e. The third-order valence-electron chi connectivity index (χ3n) is 1.53. The summed E-state index contributed by atoms with van der Waals surface area (Å²) >= 11 is 1.88. The van der Waals surface area contributed by atoms with Crippen molar-refractivity contribution in [2.45, 2.75) is 40.0 Å². The van der Waals surface area contributed by atoms with Crippen molar-refractivity contribution in [1.29, 1.82) is 0 Å². The van der Waals surface area contributed by atoms with Crippen LogP contribution >= 0.6 is 11.8 Å². The van der Waals surface area contributed by atoms with Crippen molar-refractivity contribution in [1.82, 2.24) is 0 Å². The van der Waals surface area contributed by atoms with Gasteiger partial charge in [-0.15, -0.1) is 0 Å². The predicted molar refractivity (Wildman–Crippen MR) is 55.7 cm³/mol. The van der Waals surface area contributed by atoms with Gasteiger partial charge in [-0.25, -0.2) is 0 Å². The van der Waals surface area contributed by atoms with E-state index in [-0.39, 0.29) is 0 Å². The second-order valence-electron chi connectivity index (χ2n) is 2.74. The van der Waals surface area contributed by atoms with Crippen molar-refractivity contribution < 1.29 is 0 Å². The summed E-state index contributed by atoms with van der Waals surface area (Å²) < 4.78 is 0. The second kappa shape index (κ2) is 8.19. The molecule has 0 aromatic rings. The van der Waals surface area contributed by atoms with E-state index in [1.165, 1.54) is 30.6 Å². The first-order valence-electron chi connectivity index (χ1n) is 4.36. The zero-order chi connectivity index (χ0) is 8.53. The van der Waals surface area contributed by atoms with Crippen LogP contribution in [0.5, 0.6) is 0 Å². The molecule has 0 aliphatic carbocycles. The van der Waals surface area contributed by atoms with Gasteiger partial charge in [0, 0.05) is 11.5 Å². The Hall–Kier alpha value is 0.0900. The molecule has 0 atom stereocenters. The lowest BCUT2D eigenvalue weighted by atomic mass is 10.2. The summed E-state index contributed by atoms with van der Waals surface area (Å²) in [6, 6.07) is 0. The number of hydrogen-bond donors (Lipinski definition) is 0. The van der Waals surface area contributed by atoms with E-state index in [0.717, 1.165) is 0 Å². The summed E-state index contributed by atoms with van der Waals surface area (Å²) in [6.07, 6.45) is 6.25. The van der Waals surface area contributed by atoms with Crippen LogP contribution in [0.15, 0.2) is 11.6 Å². The third-order valence-corrected chi connectivity index (χ3v) is 2.48. The fourth-order valence-corrected chi connectivity index (χ4v) is 1.37. The number of unbranched alkanes of at least 4 members (excludes halogenated alkanes) is 2. The van der Waals surface area contributed by atoms with Crippen molar-refractivity contribution >= 4 is 11.8 Å². The van der Waals surface area contributed by atoms with E-state index < -0.39 is 0 Å². The Balaban J connectivity index is 3.30. The Morgan fingerprint density at radius 3 is 2.73 bits per heavy atom. The van der Waals surface area contributed by atoms with Crippen molar-refractivity contribution in [2.24, 2.45) is 0 Å².